The lowest BCUT2D eigenvalue weighted by Crippen LogP contribution is -2.29. The fraction of sp³-hybridized carbons (Fsp3) is 0.538. The van der Waals surface area contributed by atoms with Gasteiger partial charge in [-0.25, -0.2) is 9.59 Å². The molecule has 4 rings (SSSR count). The summed E-state index contributed by atoms with van der Waals surface area (Å²) < 4.78 is 63.2. The number of alkyl halides is 3. The summed E-state index contributed by atoms with van der Waals surface area (Å²) in [7, 11) is 0. The minimum absolute atomic E-state index is 0.00846. The minimum atomic E-state index is -4.65. The van der Waals surface area contributed by atoms with Crippen molar-refractivity contribution in [1.82, 2.24) is 0 Å². The molecular weight excluding hydrogens is 465 g/mol. The topological polar surface area (TPSA) is 74.4 Å². The van der Waals surface area contributed by atoms with Crippen LogP contribution in [0.5, 0.6) is 0 Å². The lowest BCUT2D eigenvalue weighted by molar-refractivity contribution is -0.158. The van der Waals surface area contributed by atoms with Crippen LogP contribution >= 0.6 is 0 Å². The molecule has 1 aliphatic carbocycles. The first-order chi connectivity index (χ1) is 16.5. The molecule has 1 aromatic carbocycles. The molecule has 6 nitrogen and oxygen atoms in total. The van der Waals surface area contributed by atoms with Crippen molar-refractivity contribution in [3.63, 3.8) is 0 Å². The van der Waals surface area contributed by atoms with Crippen LogP contribution in [0.1, 0.15) is 56.8 Å². The van der Waals surface area contributed by atoms with Gasteiger partial charge in [0.15, 0.2) is 6.10 Å². The largest absolute Gasteiger partial charge is 0.464 e. The molecule has 3 aliphatic rings. The van der Waals surface area contributed by atoms with Crippen molar-refractivity contribution < 1.29 is 41.7 Å². The Hall–Kier alpha value is -2.65. The van der Waals surface area contributed by atoms with Crippen molar-refractivity contribution in [3.05, 3.63) is 59.2 Å². The number of epoxide rings is 1. The Morgan fingerprint density at radius 2 is 2.06 bits per heavy atom. The number of carbonyl (C=O) groups excluding carboxylic acids is 2. The second-order valence-corrected chi connectivity index (χ2v) is 9.32. The monoisotopic (exact) mass is 494 g/mol. The van der Waals surface area contributed by atoms with E-state index in [1.807, 2.05) is 13.0 Å². The van der Waals surface area contributed by atoms with E-state index in [4.69, 9.17) is 18.9 Å². The first-order valence-corrected chi connectivity index (χ1v) is 11.7. The molecule has 9 heteroatoms. The third-order valence-electron chi connectivity index (χ3n) is 6.92. The van der Waals surface area contributed by atoms with Gasteiger partial charge in [-0.05, 0) is 51.2 Å². The number of hydrogen-bond donors (Lipinski definition) is 0. The van der Waals surface area contributed by atoms with Crippen molar-refractivity contribution in [2.24, 2.45) is 5.92 Å². The molecule has 0 radical (unpaired) electrons. The standard InChI is InChI=1S/C26H29F3O6/c1-4-32-24(31)21(18-9-5-6-10-19(18)26(27,28)29)33-14-16-8-7-13-25(3)22(35-25)20-17(12-11-16)15(2)23(30)34-20/h5-6,8-10,17,20-22H,2,4,7,11-14H2,1,3H3/b16-8+/t17-,20-,21?,22+,25+/m0/s1. The Kier molecular flexibility index (Phi) is 7.11. The van der Waals surface area contributed by atoms with Gasteiger partial charge in [0.2, 0.25) is 0 Å². The van der Waals surface area contributed by atoms with Crippen LogP contribution in [0.3, 0.4) is 0 Å². The van der Waals surface area contributed by atoms with E-state index in [9.17, 15) is 22.8 Å². The van der Waals surface area contributed by atoms with Crippen LogP contribution in [0.25, 0.3) is 0 Å². The maximum atomic E-state index is 13.6. The first kappa shape index (κ1) is 25.4. The van der Waals surface area contributed by atoms with Crippen LogP contribution in [0.2, 0.25) is 0 Å². The van der Waals surface area contributed by atoms with Gasteiger partial charge in [0.1, 0.15) is 12.2 Å². The summed E-state index contributed by atoms with van der Waals surface area (Å²) >= 11 is 0. The summed E-state index contributed by atoms with van der Waals surface area (Å²) in [6.07, 6.45) is -2.38. The minimum Gasteiger partial charge on any atom is -0.464 e. The summed E-state index contributed by atoms with van der Waals surface area (Å²) in [6, 6.07) is 4.84. The van der Waals surface area contributed by atoms with Gasteiger partial charge < -0.3 is 18.9 Å². The maximum absolute atomic E-state index is 13.6. The highest BCUT2D eigenvalue weighted by molar-refractivity contribution is 5.91. The smallest absolute Gasteiger partial charge is 0.416 e. The molecule has 0 bridgehead atoms. The summed E-state index contributed by atoms with van der Waals surface area (Å²) in [4.78, 5) is 24.8. The summed E-state index contributed by atoms with van der Waals surface area (Å²) in [5, 5.41) is 0. The first-order valence-electron chi connectivity index (χ1n) is 11.7. The highest BCUT2D eigenvalue weighted by atomic mass is 19.4. The van der Waals surface area contributed by atoms with E-state index in [0.29, 0.717) is 31.3 Å². The molecule has 0 saturated carbocycles. The van der Waals surface area contributed by atoms with Gasteiger partial charge in [0, 0.05) is 17.1 Å². The van der Waals surface area contributed by atoms with E-state index in [2.05, 4.69) is 6.58 Å². The third kappa shape index (κ3) is 5.30. The molecule has 2 fully saturated rings. The predicted octanol–water partition coefficient (Wildman–Crippen LogP) is 5.08. The van der Waals surface area contributed by atoms with Gasteiger partial charge >= 0.3 is 18.1 Å². The Balaban J connectivity index is 1.54. The number of carbonyl (C=O) groups is 2. The molecule has 0 amide bonds. The average molecular weight is 495 g/mol. The number of hydrogen-bond acceptors (Lipinski definition) is 6. The fourth-order valence-corrected chi connectivity index (χ4v) is 4.93. The molecular formula is C26H29F3O6. The zero-order valence-electron chi connectivity index (χ0n) is 19.7. The van der Waals surface area contributed by atoms with E-state index in [1.165, 1.54) is 18.2 Å². The van der Waals surface area contributed by atoms with Crippen LogP contribution in [-0.2, 0) is 34.7 Å². The normalized spacial score (nSPS) is 30.9. The van der Waals surface area contributed by atoms with Gasteiger partial charge in [-0.15, -0.1) is 0 Å². The van der Waals surface area contributed by atoms with Crippen molar-refractivity contribution in [3.8, 4) is 0 Å². The highest BCUT2D eigenvalue weighted by Gasteiger charge is 2.61. The lowest BCUT2D eigenvalue weighted by Gasteiger charge is -2.23. The van der Waals surface area contributed by atoms with E-state index in [-0.39, 0.29) is 30.8 Å². The molecule has 0 spiro atoms. The van der Waals surface area contributed by atoms with Gasteiger partial charge in [-0.3, -0.25) is 0 Å². The number of fused-ring (bicyclic) bond motifs is 3. The van der Waals surface area contributed by atoms with Crippen LogP contribution in [0, 0.1) is 5.92 Å². The zero-order chi connectivity index (χ0) is 25.4. The van der Waals surface area contributed by atoms with E-state index < -0.39 is 41.5 Å². The van der Waals surface area contributed by atoms with Gasteiger partial charge in [-0.2, -0.15) is 13.2 Å². The third-order valence-corrected chi connectivity index (χ3v) is 6.92. The Bertz CT molecular complexity index is 1030. The van der Waals surface area contributed by atoms with Gasteiger partial charge in [0.25, 0.3) is 0 Å². The van der Waals surface area contributed by atoms with Crippen LogP contribution in [0.15, 0.2) is 48.1 Å². The van der Waals surface area contributed by atoms with E-state index in [1.54, 1.807) is 6.92 Å². The van der Waals surface area contributed by atoms with Crippen molar-refractivity contribution in [2.45, 2.75) is 69.6 Å². The molecule has 5 atom stereocenters. The highest BCUT2D eigenvalue weighted by Crippen LogP contribution is 2.50. The second kappa shape index (κ2) is 9.78. The molecule has 2 saturated heterocycles. The Morgan fingerprint density at radius 1 is 1.31 bits per heavy atom. The molecule has 35 heavy (non-hydrogen) atoms. The summed E-state index contributed by atoms with van der Waals surface area (Å²) in [5.41, 5.74) is -0.422. The van der Waals surface area contributed by atoms with Gasteiger partial charge in [0.05, 0.1) is 24.4 Å². The lowest BCUT2D eigenvalue weighted by atomic mass is 9.84. The molecule has 0 N–H and O–H groups in total. The van der Waals surface area contributed by atoms with Crippen molar-refractivity contribution in [2.75, 3.05) is 13.2 Å². The molecule has 2 aliphatic heterocycles. The number of halogens is 3. The van der Waals surface area contributed by atoms with Gasteiger partial charge in [-0.1, -0.05) is 30.9 Å². The number of benzene rings is 1. The molecule has 190 valence electrons. The fourth-order valence-electron chi connectivity index (χ4n) is 4.93. The number of esters is 2. The van der Waals surface area contributed by atoms with Crippen molar-refractivity contribution in [1.29, 1.82) is 0 Å². The Morgan fingerprint density at radius 3 is 2.77 bits per heavy atom. The Labute approximate surface area is 202 Å². The predicted molar refractivity (Wildman–Crippen MR) is 119 cm³/mol. The van der Waals surface area contributed by atoms with Crippen LogP contribution in [-0.4, -0.2) is 43.0 Å². The average Bonchev–Trinajstić information content (AvgIpc) is 3.39. The van der Waals surface area contributed by atoms with Crippen molar-refractivity contribution >= 4 is 11.9 Å². The number of rotatable bonds is 6. The quantitative estimate of drug-likeness (QED) is 0.238. The summed E-state index contributed by atoms with van der Waals surface area (Å²) in [5.74, 6) is -1.53. The number of allylic oxidation sites excluding steroid dienone is 1. The zero-order valence-corrected chi connectivity index (χ0v) is 19.7. The van der Waals surface area contributed by atoms with E-state index >= 15 is 0 Å². The second-order valence-electron chi connectivity index (χ2n) is 9.32. The molecule has 1 unspecified atom stereocenters. The van der Waals surface area contributed by atoms with Crippen LogP contribution in [0.4, 0.5) is 13.2 Å². The van der Waals surface area contributed by atoms with E-state index in [0.717, 1.165) is 11.6 Å². The summed E-state index contributed by atoms with van der Waals surface area (Å²) in [6.45, 7) is 7.39. The molecule has 0 aromatic heterocycles. The molecule has 2 heterocycles. The number of ether oxygens (including phenoxy) is 4. The van der Waals surface area contributed by atoms with Crippen LogP contribution < -0.4 is 0 Å². The SMILES string of the molecule is C=C1C(=O)O[C@@H]2[C@H]3O[C@]3(C)CC/C=C(/COC(C(=O)OCC)c3ccccc3C(F)(F)F)CC[C@@H]12. The molecule has 1 aromatic rings. The maximum Gasteiger partial charge on any atom is 0.416 e.